The van der Waals surface area contributed by atoms with Gasteiger partial charge < -0.3 is 9.80 Å². The van der Waals surface area contributed by atoms with Gasteiger partial charge in [0.25, 0.3) is 0 Å². The Morgan fingerprint density at radius 3 is 1.14 bits per heavy atom. The first-order chi connectivity index (χ1) is 37.1. The van der Waals surface area contributed by atoms with Gasteiger partial charge in [0.15, 0.2) is 0 Å². The second-order valence-corrected chi connectivity index (χ2v) is 44.7. The van der Waals surface area contributed by atoms with E-state index in [4.69, 9.17) is 0 Å². The van der Waals surface area contributed by atoms with Gasteiger partial charge in [-0.25, -0.2) is 0 Å². The van der Waals surface area contributed by atoms with E-state index in [-0.39, 0.29) is 21.7 Å². The molecule has 2 nitrogen and oxygen atoms in total. The summed E-state index contributed by atoms with van der Waals surface area (Å²) in [5.74, 6) is 0. The zero-order valence-electron chi connectivity index (χ0n) is 54.0. The molecule has 0 aromatic heterocycles. The van der Waals surface area contributed by atoms with Crippen molar-refractivity contribution < 1.29 is 0 Å². The third-order valence-electron chi connectivity index (χ3n) is 19.1. The average Bonchev–Trinajstić information content (AvgIpc) is 3.61. The first-order valence-electron chi connectivity index (χ1n) is 31.3. The van der Waals surface area contributed by atoms with E-state index in [2.05, 4.69) is 277 Å². The van der Waals surface area contributed by atoms with Gasteiger partial charge in [-0.05, 0) is 105 Å². The van der Waals surface area contributed by atoms with E-state index < -0.39 is 34.5 Å². The maximum absolute atomic E-state index is 2.79. The van der Waals surface area contributed by atoms with Crippen LogP contribution in [0.4, 0.5) is 34.1 Å². The van der Waals surface area contributed by atoms with Gasteiger partial charge in [0.05, 0.1) is 45.8 Å². The molecular formula is C73H106N2Si4. The highest BCUT2D eigenvalue weighted by atomic mass is 28.3. The van der Waals surface area contributed by atoms with Crippen LogP contribution in [0.1, 0.15) is 173 Å². The van der Waals surface area contributed by atoms with E-state index in [0.717, 1.165) is 0 Å². The molecule has 0 N–H and O–H groups in total. The highest BCUT2D eigenvalue weighted by Gasteiger charge is 2.36. The molecule has 0 bridgehead atoms. The van der Waals surface area contributed by atoms with Crippen LogP contribution in [0.25, 0.3) is 21.5 Å². The second-order valence-electron chi connectivity index (χ2n) is 28.1. The van der Waals surface area contributed by atoms with Gasteiger partial charge in [0.1, 0.15) is 0 Å². The number of hydrogen-bond donors (Lipinski definition) is 0. The molecule has 6 heteroatoms. The van der Waals surface area contributed by atoms with Gasteiger partial charge in [-0.2, -0.15) is 0 Å². The van der Waals surface area contributed by atoms with E-state index in [9.17, 15) is 0 Å². The number of rotatable bonds is 19. The Bertz CT molecular complexity index is 3170. The van der Waals surface area contributed by atoms with Crippen LogP contribution in [0.5, 0.6) is 0 Å². The summed E-state index contributed by atoms with van der Waals surface area (Å²) < 4.78 is 0. The second kappa shape index (κ2) is 24.2. The molecule has 0 unspecified atom stereocenters. The molecule has 0 aliphatic heterocycles. The number of anilines is 6. The first kappa shape index (κ1) is 62.1. The van der Waals surface area contributed by atoms with Gasteiger partial charge in [-0.15, -0.1) is 0 Å². The third-order valence-corrected chi connectivity index (χ3v) is 35.0. The monoisotopic (exact) mass is 1120 g/mol. The number of benzene rings is 7. The Labute approximate surface area is 489 Å². The molecule has 0 aliphatic carbocycles. The molecule has 7 aromatic carbocycles. The minimum absolute atomic E-state index is 0.0593. The fraction of sp³-hybridized carbons (Fsp3) is 0.479. The Kier molecular flexibility index (Phi) is 19.0. The lowest BCUT2D eigenvalue weighted by atomic mass is 9.80. The summed E-state index contributed by atoms with van der Waals surface area (Å²) in [5, 5.41) is 11.7. The molecule has 0 heterocycles. The Hall–Kier alpha value is -4.47. The molecule has 0 atom stereocenters. The number of fused-ring (bicyclic) bond motifs is 2. The van der Waals surface area contributed by atoms with Crippen molar-refractivity contribution >= 4 is 111 Å². The molecule has 0 amide bonds. The van der Waals surface area contributed by atoms with Crippen molar-refractivity contribution in [3.05, 3.63) is 143 Å². The summed E-state index contributed by atoms with van der Waals surface area (Å²) in [5.41, 5.74) is 14.3. The molecule has 0 aliphatic rings. The lowest BCUT2D eigenvalue weighted by molar-refractivity contribution is 0.568. The summed E-state index contributed by atoms with van der Waals surface area (Å²) in [6.45, 7) is 53.4. The molecule has 0 spiro atoms. The largest absolute Gasteiger partial charge is 0.309 e. The Morgan fingerprint density at radius 2 is 0.759 bits per heavy atom. The van der Waals surface area contributed by atoms with Crippen molar-refractivity contribution in [2.24, 2.45) is 0 Å². The van der Waals surface area contributed by atoms with Crippen molar-refractivity contribution in [2.75, 3.05) is 9.80 Å². The Morgan fingerprint density at radius 1 is 0.392 bits per heavy atom. The van der Waals surface area contributed by atoms with E-state index in [1.165, 1.54) is 138 Å². The highest BCUT2D eigenvalue weighted by Crippen LogP contribution is 2.53. The van der Waals surface area contributed by atoms with Crippen LogP contribution in [0, 0.1) is 6.92 Å². The van der Waals surface area contributed by atoms with Crippen molar-refractivity contribution in [3.8, 4) is 0 Å². The molecule has 424 valence electrons. The van der Waals surface area contributed by atoms with Crippen LogP contribution < -0.4 is 30.5 Å². The Balaban J connectivity index is 1.79. The average molecular weight is 1120 g/mol. The van der Waals surface area contributed by atoms with Crippen LogP contribution in [0.2, 0.25) is 54.4 Å². The molecule has 7 rings (SSSR count). The number of nitrogens with zero attached hydrogens (tertiary/aromatic N) is 2. The highest BCUT2D eigenvalue weighted by molar-refractivity contribution is 6.92. The fourth-order valence-corrected chi connectivity index (χ4v) is 24.4. The van der Waals surface area contributed by atoms with E-state index in [1.807, 2.05) is 0 Å². The van der Waals surface area contributed by atoms with Gasteiger partial charge in [0, 0.05) is 44.3 Å². The summed E-state index contributed by atoms with van der Waals surface area (Å²) in [6.07, 6.45) is 0. The third kappa shape index (κ3) is 12.6. The zero-order chi connectivity index (χ0) is 58.2. The summed E-state index contributed by atoms with van der Waals surface area (Å²) >= 11 is 0. The molecule has 0 saturated carbocycles. The normalized spacial score (nSPS) is 13.2. The van der Waals surface area contributed by atoms with Gasteiger partial charge in [-0.1, -0.05) is 287 Å². The zero-order valence-corrected chi connectivity index (χ0v) is 58.6. The van der Waals surface area contributed by atoms with Crippen LogP contribution >= 0.6 is 0 Å². The van der Waals surface area contributed by atoms with Crippen molar-refractivity contribution in [1.82, 2.24) is 0 Å². The van der Waals surface area contributed by atoms with Crippen molar-refractivity contribution in [1.29, 1.82) is 0 Å². The van der Waals surface area contributed by atoms with Gasteiger partial charge >= 0.3 is 0 Å². The van der Waals surface area contributed by atoms with Gasteiger partial charge in [-0.3, -0.25) is 0 Å². The molecule has 0 saturated heterocycles. The van der Waals surface area contributed by atoms with Crippen LogP contribution in [0.15, 0.2) is 115 Å². The predicted octanol–water partition coefficient (Wildman–Crippen LogP) is 19.6. The molecule has 0 fully saturated rings. The first-order valence-corrected chi connectivity index (χ1v) is 40.4. The molecule has 0 radical (unpaired) electrons. The lowest BCUT2D eigenvalue weighted by Gasteiger charge is -2.37. The van der Waals surface area contributed by atoms with E-state index in [0.29, 0.717) is 0 Å². The van der Waals surface area contributed by atoms with Crippen LogP contribution in [0.3, 0.4) is 0 Å². The topological polar surface area (TPSA) is 6.48 Å². The minimum atomic E-state index is -1.85. The van der Waals surface area contributed by atoms with E-state index >= 15 is 0 Å². The number of aryl methyl sites for hydroxylation is 1. The molecule has 7 aromatic rings. The summed E-state index contributed by atoms with van der Waals surface area (Å²) in [4.78, 5) is 5.56. The molecule has 79 heavy (non-hydrogen) atoms. The van der Waals surface area contributed by atoms with Crippen molar-refractivity contribution in [3.63, 3.8) is 0 Å². The SMILES string of the molecule is CC[SiH2]c1cc(N(c2cc(C(C)(C)C)cc(C(C)(C)C)c2)c2c3ccccc3c(N(c3cc(C(C)(C)C)cc(C(C)(C)C)c3)c3cc([SiH](CC)CC)cc([Si](CC)(CC)CC)c3)c3cc(C)ccc23)cc([Si](CC)(CC)CC)c1. The predicted molar refractivity (Wildman–Crippen MR) is 370 cm³/mol. The van der Waals surface area contributed by atoms with Gasteiger partial charge in [0.2, 0.25) is 0 Å². The standard InChI is InChI=1S/C73H106N2Si4/c1-23-76-60-45-58(47-62(49-60)78(26-4,27-5)28-6)74(56-41-52(70(11,12)13)39-53(42-56)71(14,15)16)68-64-34-32-33-35-65(64)69(67-38-51(10)36-37-66(67)68)75(57-43-54(72(17,18)19)40-55(44-57)73(20,21)22)59-46-61(77(24-2)25-3)50-63(48-59)79(29-7,30-8)31-9/h32-50,77H,23-31,76H2,1-22H3. The van der Waals surface area contributed by atoms with Crippen LogP contribution in [-0.2, 0) is 21.7 Å². The quantitative estimate of drug-likeness (QED) is 0.0452. The molecular weight excluding hydrogens is 1020 g/mol. The minimum Gasteiger partial charge on any atom is -0.309 e. The van der Waals surface area contributed by atoms with Crippen LogP contribution in [-0.4, -0.2) is 34.5 Å². The number of hydrogen-bond acceptors (Lipinski definition) is 2. The fourth-order valence-electron chi connectivity index (χ4n) is 13.1. The maximum atomic E-state index is 2.79. The van der Waals surface area contributed by atoms with Crippen molar-refractivity contribution in [2.45, 2.75) is 228 Å². The summed E-state index contributed by atoms with van der Waals surface area (Å²) in [7, 11) is -5.46. The maximum Gasteiger partial charge on any atom is 0.0860 e. The smallest absolute Gasteiger partial charge is 0.0860 e. The lowest BCUT2D eigenvalue weighted by Crippen LogP contribution is -2.48. The van der Waals surface area contributed by atoms with E-state index in [1.54, 1.807) is 20.7 Å². The summed E-state index contributed by atoms with van der Waals surface area (Å²) in [6, 6.07) is 59.8.